The summed E-state index contributed by atoms with van der Waals surface area (Å²) in [6.45, 7) is 2.76. The van der Waals surface area contributed by atoms with E-state index in [0.717, 1.165) is 0 Å². The van der Waals surface area contributed by atoms with Crippen LogP contribution in [0.1, 0.15) is 20.3 Å². The highest BCUT2D eigenvalue weighted by Crippen LogP contribution is 2.24. The largest absolute Gasteiger partial charge is 0.394 e. The monoisotopic (exact) mass is 192 g/mol. The van der Waals surface area contributed by atoms with Crippen molar-refractivity contribution in [2.75, 3.05) is 6.61 Å². The molecule has 13 heavy (non-hydrogen) atoms. The van der Waals surface area contributed by atoms with Gasteiger partial charge in [-0.3, -0.25) is 0 Å². The number of hydrogen-bond acceptors (Lipinski definition) is 5. The van der Waals surface area contributed by atoms with E-state index >= 15 is 0 Å². The Bertz CT molecular complexity index is 164. The molecule has 1 heterocycles. The zero-order valence-electron chi connectivity index (χ0n) is 7.80. The van der Waals surface area contributed by atoms with Crippen LogP contribution in [-0.2, 0) is 9.47 Å². The molecular weight excluding hydrogens is 176 g/mol. The van der Waals surface area contributed by atoms with Crippen molar-refractivity contribution in [2.24, 2.45) is 0 Å². The Morgan fingerprint density at radius 1 is 1.54 bits per heavy atom. The minimum absolute atomic E-state index is 0.224. The molecule has 0 spiro atoms. The standard InChI is InChI=1S/C8H16O5/c1-8(2,11)13-5-3-7(10)12-6(5)4-9/h5-7,9-11H,3-4H2,1-2H3. The van der Waals surface area contributed by atoms with Crippen LogP contribution in [0.2, 0.25) is 0 Å². The summed E-state index contributed by atoms with van der Waals surface area (Å²) < 4.78 is 10.1. The van der Waals surface area contributed by atoms with E-state index in [0.29, 0.717) is 0 Å². The molecule has 3 atom stereocenters. The summed E-state index contributed by atoms with van der Waals surface area (Å²) in [5, 5.41) is 27.3. The molecular formula is C8H16O5. The van der Waals surface area contributed by atoms with Crippen molar-refractivity contribution in [3.63, 3.8) is 0 Å². The van der Waals surface area contributed by atoms with Crippen LogP contribution in [0.5, 0.6) is 0 Å². The molecule has 78 valence electrons. The summed E-state index contributed by atoms with van der Waals surface area (Å²) in [5.41, 5.74) is 0. The summed E-state index contributed by atoms with van der Waals surface area (Å²) >= 11 is 0. The maximum atomic E-state index is 9.34. The van der Waals surface area contributed by atoms with E-state index in [1.165, 1.54) is 13.8 Å². The van der Waals surface area contributed by atoms with Crippen LogP contribution in [0.25, 0.3) is 0 Å². The predicted octanol–water partition coefficient (Wildman–Crippen LogP) is -0.800. The molecule has 1 aliphatic heterocycles. The summed E-state index contributed by atoms with van der Waals surface area (Å²) in [6, 6.07) is 0. The lowest BCUT2D eigenvalue weighted by Gasteiger charge is -2.25. The number of hydrogen-bond donors (Lipinski definition) is 3. The van der Waals surface area contributed by atoms with Gasteiger partial charge in [0, 0.05) is 6.42 Å². The molecule has 0 aromatic carbocycles. The van der Waals surface area contributed by atoms with Crippen LogP contribution in [0.4, 0.5) is 0 Å². The second-order valence-corrected chi connectivity index (χ2v) is 3.65. The fourth-order valence-electron chi connectivity index (χ4n) is 1.35. The fourth-order valence-corrected chi connectivity index (χ4v) is 1.35. The molecule has 0 aliphatic carbocycles. The average molecular weight is 192 g/mol. The summed E-state index contributed by atoms with van der Waals surface area (Å²) in [4.78, 5) is 0. The predicted molar refractivity (Wildman–Crippen MR) is 43.8 cm³/mol. The smallest absolute Gasteiger partial charge is 0.160 e. The lowest BCUT2D eigenvalue weighted by molar-refractivity contribution is -0.217. The van der Waals surface area contributed by atoms with E-state index in [4.69, 9.17) is 19.7 Å². The Hall–Kier alpha value is -0.200. The summed E-state index contributed by atoms with van der Waals surface area (Å²) in [6.07, 6.45) is -1.65. The molecule has 1 aliphatic rings. The first-order valence-electron chi connectivity index (χ1n) is 4.27. The molecule has 0 bridgehead atoms. The van der Waals surface area contributed by atoms with E-state index in [-0.39, 0.29) is 13.0 Å². The normalized spacial score (nSPS) is 35.3. The van der Waals surface area contributed by atoms with Crippen LogP contribution < -0.4 is 0 Å². The van der Waals surface area contributed by atoms with Gasteiger partial charge in [0.15, 0.2) is 12.1 Å². The third-order valence-corrected chi connectivity index (χ3v) is 1.80. The topological polar surface area (TPSA) is 79.2 Å². The lowest BCUT2D eigenvalue weighted by atomic mass is 10.2. The average Bonchev–Trinajstić information content (AvgIpc) is 2.27. The molecule has 0 aromatic heterocycles. The maximum Gasteiger partial charge on any atom is 0.160 e. The minimum atomic E-state index is -1.27. The Morgan fingerprint density at radius 3 is 2.62 bits per heavy atom. The molecule has 0 amide bonds. The van der Waals surface area contributed by atoms with Gasteiger partial charge in [0.1, 0.15) is 6.10 Å². The molecule has 5 nitrogen and oxygen atoms in total. The van der Waals surface area contributed by atoms with Gasteiger partial charge in [-0.2, -0.15) is 0 Å². The Morgan fingerprint density at radius 2 is 2.15 bits per heavy atom. The second kappa shape index (κ2) is 3.89. The molecule has 3 unspecified atom stereocenters. The van der Waals surface area contributed by atoms with Crippen molar-refractivity contribution in [3.05, 3.63) is 0 Å². The molecule has 5 heteroatoms. The first-order chi connectivity index (χ1) is 5.92. The van der Waals surface area contributed by atoms with Crippen molar-refractivity contribution in [3.8, 4) is 0 Å². The summed E-state index contributed by atoms with van der Waals surface area (Å²) in [5.74, 6) is -1.27. The van der Waals surface area contributed by atoms with Gasteiger partial charge in [-0.15, -0.1) is 0 Å². The van der Waals surface area contributed by atoms with Crippen molar-refractivity contribution in [1.29, 1.82) is 0 Å². The van der Waals surface area contributed by atoms with Gasteiger partial charge in [-0.1, -0.05) is 0 Å². The maximum absolute atomic E-state index is 9.34. The number of aliphatic hydroxyl groups is 3. The van der Waals surface area contributed by atoms with E-state index in [1.807, 2.05) is 0 Å². The van der Waals surface area contributed by atoms with Gasteiger partial charge >= 0.3 is 0 Å². The van der Waals surface area contributed by atoms with Crippen LogP contribution in [0.3, 0.4) is 0 Å². The second-order valence-electron chi connectivity index (χ2n) is 3.65. The zero-order valence-corrected chi connectivity index (χ0v) is 7.80. The van der Waals surface area contributed by atoms with Crippen molar-refractivity contribution in [1.82, 2.24) is 0 Å². The van der Waals surface area contributed by atoms with Crippen molar-refractivity contribution >= 4 is 0 Å². The number of rotatable bonds is 3. The van der Waals surface area contributed by atoms with Crippen LogP contribution >= 0.6 is 0 Å². The van der Waals surface area contributed by atoms with E-state index in [9.17, 15) is 5.11 Å². The van der Waals surface area contributed by atoms with E-state index in [2.05, 4.69) is 0 Å². The Labute approximate surface area is 76.9 Å². The van der Waals surface area contributed by atoms with Gasteiger partial charge in [-0.05, 0) is 13.8 Å². The van der Waals surface area contributed by atoms with Gasteiger partial charge in [-0.25, -0.2) is 0 Å². The number of aliphatic hydroxyl groups excluding tert-OH is 2. The Balaban J connectivity index is 2.49. The molecule has 1 rings (SSSR count). The molecule has 0 radical (unpaired) electrons. The first-order valence-corrected chi connectivity index (χ1v) is 4.27. The van der Waals surface area contributed by atoms with Crippen molar-refractivity contribution in [2.45, 2.75) is 44.6 Å². The molecule has 1 saturated heterocycles. The van der Waals surface area contributed by atoms with Crippen molar-refractivity contribution < 1.29 is 24.8 Å². The Kier molecular flexibility index (Phi) is 3.26. The molecule has 0 saturated carbocycles. The first kappa shape index (κ1) is 10.9. The minimum Gasteiger partial charge on any atom is -0.394 e. The van der Waals surface area contributed by atoms with Gasteiger partial charge < -0.3 is 24.8 Å². The highest BCUT2D eigenvalue weighted by Gasteiger charge is 2.37. The molecule has 1 fully saturated rings. The van der Waals surface area contributed by atoms with Crippen LogP contribution in [0.15, 0.2) is 0 Å². The lowest BCUT2D eigenvalue weighted by Crippen LogP contribution is -2.36. The van der Waals surface area contributed by atoms with Crippen LogP contribution in [0, 0.1) is 0 Å². The van der Waals surface area contributed by atoms with E-state index in [1.54, 1.807) is 0 Å². The van der Waals surface area contributed by atoms with E-state index < -0.39 is 24.3 Å². The third kappa shape index (κ3) is 3.21. The van der Waals surface area contributed by atoms with Gasteiger partial charge in [0.05, 0.1) is 12.7 Å². The SMILES string of the molecule is CC(C)(O)OC1CC(O)OC1CO. The quantitative estimate of drug-likeness (QED) is 0.510. The van der Waals surface area contributed by atoms with Gasteiger partial charge in [0.2, 0.25) is 0 Å². The number of ether oxygens (including phenoxy) is 2. The molecule has 0 aromatic rings. The molecule has 3 N–H and O–H groups in total. The van der Waals surface area contributed by atoms with Gasteiger partial charge in [0.25, 0.3) is 0 Å². The highest BCUT2D eigenvalue weighted by molar-refractivity contribution is 4.79. The zero-order chi connectivity index (χ0) is 10.1. The highest BCUT2D eigenvalue weighted by atomic mass is 16.7. The summed E-state index contributed by atoms with van der Waals surface area (Å²) in [7, 11) is 0. The third-order valence-electron chi connectivity index (χ3n) is 1.80. The van der Waals surface area contributed by atoms with Crippen LogP contribution in [-0.4, -0.2) is 46.2 Å². The fraction of sp³-hybridized carbons (Fsp3) is 1.00.